The number of hydrogen-bond donors (Lipinski definition) is 2. The van der Waals surface area contributed by atoms with E-state index in [1.807, 2.05) is 23.1 Å². The summed E-state index contributed by atoms with van der Waals surface area (Å²) in [6.07, 6.45) is 1.29. The molecule has 1 saturated heterocycles. The van der Waals surface area contributed by atoms with Crippen molar-refractivity contribution >= 4 is 35.1 Å². The van der Waals surface area contributed by atoms with Crippen LogP contribution in [0.2, 0.25) is 0 Å². The first kappa shape index (κ1) is 18.0. The molecule has 0 atom stereocenters. The minimum Gasteiger partial charge on any atom is -0.383 e. The van der Waals surface area contributed by atoms with Gasteiger partial charge >= 0.3 is 0 Å². The molecule has 0 radical (unpaired) electrons. The number of nitrogens with zero attached hydrogens (tertiary/aromatic N) is 4. The molecule has 26 heavy (non-hydrogen) atoms. The molecule has 1 fully saturated rings. The lowest BCUT2D eigenvalue weighted by Crippen LogP contribution is -2.49. The molecule has 2 heterocycles. The highest BCUT2D eigenvalue weighted by molar-refractivity contribution is 7.99. The number of thioether (sulfide) groups is 1. The molecule has 0 saturated carbocycles. The summed E-state index contributed by atoms with van der Waals surface area (Å²) in [5.41, 5.74) is 12.1. The van der Waals surface area contributed by atoms with Crippen LogP contribution in [-0.4, -0.2) is 58.6 Å². The molecule has 1 aliphatic heterocycles. The Labute approximate surface area is 155 Å². The van der Waals surface area contributed by atoms with E-state index in [1.54, 1.807) is 0 Å². The average molecular weight is 372 g/mol. The number of piperazine rings is 1. The Morgan fingerprint density at radius 2 is 1.81 bits per heavy atom. The van der Waals surface area contributed by atoms with Crippen molar-refractivity contribution < 1.29 is 9.59 Å². The number of primary amides is 1. The molecule has 9 heteroatoms. The molecular weight excluding hydrogens is 352 g/mol. The topological polar surface area (TPSA) is 118 Å². The van der Waals surface area contributed by atoms with Crippen LogP contribution in [0.5, 0.6) is 0 Å². The van der Waals surface area contributed by atoms with Crippen LogP contribution in [0.15, 0.2) is 41.7 Å². The lowest BCUT2D eigenvalue weighted by molar-refractivity contribution is -0.128. The molecular formula is C17H20N6O2S. The SMILES string of the molecule is NC(=O)c1cnc(SCC(=O)N2CCN(c3ccccc3)CC2)nc1N. The Morgan fingerprint density at radius 1 is 1.12 bits per heavy atom. The highest BCUT2D eigenvalue weighted by atomic mass is 32.2. The number of carbonyl (C=O) groups excluding carboxylic acids is 2. The van der Waals surface area contributed by atoms with Crippen molar-refractivity contribution in [3.8, 4) is 0 Å². The molecule has 0 aliphatic carbocycles. The summed E-state index contributed by atoms with van der Waals surface area (Å²) in [4.78, 5) is 35.7. The van der Waals surface area contributed by atoms with Gasteiger partial charge in [-0.05, 0) is 12.1 Å². The molecule has 1 aliphatic rings. The highest BCUT2D eigenvalue weighted by Gasteiger charge is 2.21. The molecule has 0 unspecified atom stereocenters. The van der Waals surface area contributed by atoms with Crippen molar-refractivity contribution in [3.63, 3.8) is 0 Å². The molecule has 2 aromatic rings. The Kier molecular flexibility index (Phi) is 5.57. The lowest BCUT2D eigenvalue weighted by Gasteiger charge is -2.36. The number of rotatable bonds is 5. The third kappa shape index (κ3) is 4.23. The van der Waals surface area contributed by atoms with Gasteiger partial charge < -0.3 is 21.3 Å². The van der Waals surface area contributed by atoms with Gasteiger partial charge in [-0.1, -0.05) is 30.0 Å². The first-order chi connectivity index (χ1) is 12.5. The van der Waals surface area contributed by atoms with Crippen molar-refractivity contribution in [2.45, 2.75) is 5.16 Å². The molecule has 3 rings (SSSR count). The quantitative estimate of drug-likeness (QED) is 0.583. The summed E-state index contributed by atoms with van der Waals surface area (Å²) >= 11 is 1.19. The van der Waals surface area contributed by atoms with Gasteiger partial charge in [0.2, 0.25) is 5.91 Å². The maximum Gasteiger partial charge on any atom is 0.254 e. The Balaban J connectivity index is 1.50. The molecule has 136 valence electrons. The zero-order valence-electron chi connectivity index (χ0n) is 14.2. The smallest absolute Gasteiger partial charge is 0.254 e. The van der Waals surface area contributed by atoms with E-state index in [2.05, 4.69) is 27.0 Å². The third-order valence-corrected chi connectivity index (χ3v) is 4.99. The first-order valence-corrected chi connectivity index (χ1v) is 9.16. The second-order valence-corrected chi connectivity index (χ2v) is 6.75. The molecule has 0 spiro atoms. The van der Waals surface area contributed by atoms with Gasteiger partial charge in [-0.25, -0.2) is 9.97 Å². The largest absolute Gasteiger partial charge is 0.383 e. The number of aromatic nitrogens is 2. The zero-order chi connectivity index (χ0) is 18.5. The van der Waals surface area contributed by atoms with Gasteiger partial charge in [-0.15, -0.1) is 0 Å². The van der Waals surface area contributed by atoms with Crippen molar-refractivity contribution in [2.24, 2.45) is 5.73 Å². The minimum absolute atomic E-state index is 0.0268. The summed E-state index contributed by atoms with van der Waals surface area (Å²) < 4.78 is 0. The van der Waals surface area contributed by atoms with Crippen LogP contribution >= 0.6 is 11.8 Å². The van der Waals surface area contributed by atoms with Gasteiger partial charge in [0.1, 0.15) is 5.82 Å². The standard InChI is InChI=1S/C17H20N6O2S/c18-15-13(16(19)25)10-20-17(21-15)26-11-14(24)23-8-6-22(7-9-23)12-4-2-1-3-5-12/h1-5,10H,6-9,11H2,(H2,19,25)(H2,18,20,21). The van der Waals surface area contributed by atoms with Gasteiger partial charge in [0, 0.05) is 38.1 Å². The molecule has 4 N–H and O–H groups in total. The summed E-state index contributed by atoms with van der Waals surface area (Å²) in [5, 5.41) is 0.351. The van der Waals surface area contributed by atoms with Gasteiger partial charge in [0.05, 0.1) is 11.3 Å². The van der Waals surface area contributed by atoms with Crippen LogP contribution in [0.4, 0.5) is 11.5 Å². The number of anilines is 2. The molecule has 8 nitrogen and oxygen atoms in total. The summed E-state index contributed by atoms with van der Waals surface area (Å²) in [6, 6.07) is 10.2. The van der Waals surface area contributed by atoms with Crippen LogP contribution in [0.25, 0.3) is 0 Å². The lowest BCUT2D eigenvalue weighted by atomic mass is 10.2. The number of nitrogens with two attached hydrogens (primary N) is 2. The van der Waals surface area contributed by atoms with E-state index < -0.39 is 5.91 Å². The Morgan fingerprint density at radius 3 is 2.42 bits per heavy atom. The number of carbonyl (C=O) groups is 2. The van der Waals surface area contributed by atoms with Gasteiger partial charge in [0.25, 0.3) is 5.91 Å². The average Bonchev–Trinajstić information content (AvgIpc) is 2.66. The summed E-state index contributed by atoms with van der Waals surface area (Å²) in [6.45, 7) is 2.96. The van der Waals surface area contributed by atoms with Crippen LogP contribution in [0.1, 0.15) is 10.4 Å². The van der Waals surface area contributed by atoms with Crippen LogP contribution < -0.4 is 16.4 Å². The predicted octanol–water partition coefficient (Wildman–Crippen LogP) is 0.599. The van der Waals surface area contributed by atoms with Gasteiger partial charge in [-0.2, -0.15) is 0 Å². The van der Waals surface area contributed by atoms with Gasteiger partial charge in [0.15, 0.2) is 5.16 Å². The molecule has 1 aromatic carbocycles. The molecule has 1 aromatic heterocycles. The second kappa shape index (κ2) is 8.05. The van der Waals surface area contributed by atoms with E-state index in [9.17, 15) is 9.59 Å². The Bertz CT molecular complexity index is 793. The number of benzene rings is 1. The Hall–Kier alpha value is -2.81. The van der Waals surface area contributed by atoms with Crippen LogP contribution in [0, 0.1) is 0 Å². The fraction of sp³-hybridized carbons (Fsp3) is 0.294. The van der Waals surface area contributed by atoms with Crippen LogP contribution in [0.3, 0.4) is 0 Å². The maximum atomic E-state index is 12.4. The van der Waals surface area contributed by atoms with E-state index >= 15 is 0 Å². The van der Waals surface area contributed by atoms with Crippen molar-refractivity contribution in [3.05, 3.63) is 42.1 Å². The normalized spacial score (nSPS) is 14.3. The first-order valence-electron chi connectivity index (χ1n) is 8.17. The van der Waals surface area contributed by atoms with Crippen molar-refractivity contribution in [1.82, 2.24) is 14.9 Å². The highest BCUT2D eigenvalue weighted by Crippen LogP contribution is 2.19. The number of nitrogen functional groups attached to an aromatic ring is 1. The van der Waals surface area contributed by atoms with E-state index in [1.165, 1.54) is 23.6 Å². The maximum absolute atomic E-state index is 12.4. The zero-order valence-corrected chi connectivity index (χ0v) is 15.0. The molecule has 0 bridgehead atoms. The number of para-hydroxylation sites is 1. The predicted molar refractivity (Wildman–Crippen MR) is 101 cm³/mol. The van der Waals surface area contributed by atoms with E-state index in [-0.39, 0.29) is 23.0 Å². The van der Waals surface area contributed by atoms with Crippen molar-refractivity contribution in [2.75, 3.05) is 42.6 Å². The van der Waals surface area contributed by atoms with E-state index in [4.69, 9.17) is 11.5 Å². The summed E-state index contributed by atoms with van der Waals surface area (Å²) in [5.74, 6) is -0.394. The van der Waals surface area contributed by atoms with E-state index in [0.29, 0.717) is 18.2 Å². The summed E-state index contributed by atoms with van der Waals surface area (Å²) in [7, 11) is 0. The number of hydrogen-bond acceptors (Lipinski definition) is 7. The fourth-order valence-corrected chi connectivity index (χ4v) is 3.43. The minimum atomic E-state index is -0.675. The fourth-order valence-electron chi connectivity index (χ4n) is 2.71. The third-order valence-electron chi connectivity index (χ3n) is 4.14. The monoisotopic (exact) mass is 372 g/mol. The second-order valence-electron chi connectivity index (χ2n) is 5.81. The van der Waals surface area contributed by atoms with Crippen molar-refractivity contribution in [1.29, 1.82) is 0 Å². The molecule has 2 amide bonds. The number of amides is 2. The van der Waals surface area contributed by atoms with Crippen LogP contribution in [-0.2, 0) is 4.79 Å². The van der Waals surface area contributed by atoms with E-state index in [0.717, 1.165) is 13.1 Å². The van der Waals surface area contributed by atoms with Gasteiger partial charge in [-0.3, -0.25) is 9.59 Å².